The van der Waals surface area contributed by atoms with Gasteiger partial charge in [-0.3, -0.25) is 4.79 Å². The third-order valence-corrected chi connectivity index (χ3v) is 4.67. The molecule has 0 N–H and O–H groups in total. The van der Waals surface area contributed by atoms with Crippen LogP contribution in [0, 0.1) is 5.92 Å². The molecule has 112 valence electrons. The molecule has 0 spiro atoms. The molecule has 1 aliphatic rings. The van der Waals surface area contributed by atoms with Crippen LogP contribution in [0.2, 0.25) is 0 Å². The fraction of sp³-hybridized carbons (Fsp3) is 0.500. The molecule has 0 unspecified atom stereocenters. The van der Waals surface area contributed by atoms with Crippen LogP contribution in [0.3, 0.4) is 0 Å². The monoisotopic (exact) mass is 352 g/mol. The smallest absolute Gasteiger partial charge is 0.308 e. The second kappa shape index (κ2) is 5.63. The van der Waals surface area contributed by atoms with E-state index in [0.717, 1.165) is 35.3 Å². The van der Waals surface area contributed by atoms with E-state index in [9.17, 15) is 4.79 Å². The summed E-state index contributed by atoms with van der Waals surface area (Å²) in [5.74, 6) is 0.781. The van der Waals surface area contributed by atoms with E-state index in [4.69, 9.17) is 4.74 Å². The van der Waals surface area contributed by atoms with Crippen LogP contribution in [-0.2, 0) is 9.53 Å². The number of ether oxygens (including phenoxy) is 1. The van der Waals surface area contributed by atoms with E-state index in [1.54, 1.807) is 6.33 Å². The fourth-order valence-corrected chi connectivity index (χ4v) is 3.39. The maximum Gasteiger partial charge on any atom is 0.308 e. The molecule has 0 aliphatic carbocycles. The lowest BCUT2D eigenvalue weighted by Crippen LogP contribution is -2.43. The Hall–Kier alpha value is -1.63. The van der Waals surface area contributed by atoms with E-state index < -0.39 is 0 Å². The van der Waals surface area contributed by atoms with Crippen molar-refractivity contribution in [3.8, 4) is 0 Å². The minimum atomic E-state index is -0.111. The molecule has 3 heterocycles. The predicted octanol–water partition coefficient (Wildman–Crippen LogP) is 2.27. The Morgan fingerprint density at radius 1 is 1.48 bits per heavy atom. The lowest BCUT2D eigenvalue weighted by atomic mass is 9.91. The van der Waals surface area contributed by atoms with Crippen LogP contribution in [0.5, 0.6) is 0 Å². The number of hydrogen-bond donors (Lipinski definition) is 0. The van der Waals surface area contributed by atoms with Crippen molar-refractivity contribution in [2.75, 3.05) is 18.6 Å². The van der Waals surface area contributed by atoms with Gasteiger partial charge in [-0.1, -0.05) is 0 Å². The van der Waals surface area contributed by atoms with Gasteiger partial charge in [-0.15, -0.1) is 0 Å². The maximum absolute atomic E-state index is 11.7. The third kappa shape index (κ3) is 2.50. The predicted molar refractivity (Wildman–Crippen MR) is 82.2 cm³/mol. The van der Waals surface area contributed by atoms with Gasteiger partial charge in [0.05, 0.1) is 13.0 Å². The van der Waals surface area contributed by atoms with Gasteiger partial charge in [0.1, 0.15) is 16.4 Å². The molecule has 2 aromatic heterocycles. The first-order valence-corrected chi connectivity index (χ1v) is 7.74. The molecule has 21 heavy (non-hydrogen) atoms. The standard InChI is InChI=1S/C14H17BrN4O2/c1-9-7-10(14(20)21-2)5-6-18(9)13-11-3-4-12(15)19(11)17-8-16-13/h3-4,8-10H,5-7H2,1-2H3/t9-,10-/m0/s1. The first-order valence-electron chi connectivity index (χ1n) is 6.94. The van der Waals surface area contributed by atoms with Crippen LogP contribution in [-0.4, -0.2) is 40.3 Å². The van der Waals surface area contributed by atoms with Crippen LogP contribution in [0.1, 0.15) is 19.8 Å². The second-order valence-corrected chi connectivity index (χ2v) is 6.14. The third-order valence-electron chi connectivity index (χ3n) is 4.07. The SMILES string of the molecule is COC(=O)[C@H]1CCN(c2ncnn3c(Br)ccc23)[C@@H](C)C1. The van der Waals surface area contributed by atoms with Gasteiger partial charge in [-0.05, 0) is 47.8 Å². The normalized spacial score (nSPS) is 22.5. The number of anilines is 1. The molecule has 0 amide bonds. The summed E-state index contributed by atoms with van der Waals surface area (Å²) in [6.07, 6.45) is 3.13. The molecule has 2 aromatic rings. The van der Waals surface area contributed by atoms with Gasteiger partial charge >= 0.3 is 5.97 Å². The van der Waals surface area contributed by atoms with E-state index in [0.29, 0.717) is 0 Å². The highest BCUT2D eigenvalue weighted by Gasteiger charge is 2.32. The lowest BCUT2D eigenvalue weighted by molar-refractivity contribution is -0.146. The van der Waals surface area contributed by atoms with Gasteiger partial charge in [-0.25, -0.2) is 9.50 Å². The Bertz CT molecular complexity index is 672. The Labute approximate surface area is 131 Å². The first-order chi connectivity index (χ1) is 10.1. The average molecular weight is 353 g/mol. The van der Waals surface area contributed by atoms with Gasteiger partial charge in [-0.2, -0.15) is 5.10 Å². The molecule has 0 radical (unpaired) electrons. The van der Waals surface area contributed by atoms with Crippen molar-refractivity contribution >= 4 is 33.2 Å². The van der Waals surface area contributed by atoms with E-state index in [-0.39, 0.29) is 17.9 Å². The molecule has 7 heteroatoms. The Morgan fingerprint density at radius 3 is 3.00 bits per heavy atom. The summed E-state index contributed by atoms with van der Waals surface area (Å²) >= 11 is 3.47. The highest BCUT2D eigenvalue weighted by atomic mass is 79.9. The molecule has 2 atom stereocenters. The van der Waals surface area contributed by atoms with Gasteiger partial charge in [0.2, 0.25) is 0 Å². The number of halogens is 1. The zero-order valence-electron chi connectivity index (χ0n) is 12.0. The first kappa shape index (κ1) is 14.3. The molecule has 1 fully saturated rings. The number of piperidine rings is 1. The topological polar surface area (TPSA) is 59.7 Å². The zero-order chi connectivity index (χ0) is 15.0. The summed E-state index contributed by atoms with van der Waals surface area (Å²) < 4.78 is 7.58. The van der Waals surface area contributed by atoms with Crippen molar-refractivity contribution in [2.24, 2.45) is 5.92 Å². The van der Waals surface area contributed by atoms with Gasteiger partial charge in [0, 0.05) is 12.6 Å². The summed E-state index contributed by atoms with van der Waals surface area (Å²) in [6, 6.07) is 4.19. The molecular weight excluding hydrogens is 336 g/mol. The number of esters is 1. The molecule has 0 saturated carbocycles. The number of rotatable bonds is 2. The summed E-state index contributed by atoms with van der Waals surface area (Å²) in [5, 5.41) is 4.24. The number of fused-ring (bicyclic) bond motifs is 1. The summed E-state index contributed by atoms with van der Waals surface area (Å²) in [5.41, 5.74) is 0.966. The molecule has 0 bridgehead atoms. The maximum atomic E-state index is 11.7. The summed E-state index contributed by atoms with van der Waals surface area (Å²) in [6.45, 7) is 2.90. The largest absolute Gasteiger partial charge is 0.469 e. The second-order valence-electron chi connectivity index (χ2n) is 5.32. The number of aromatic nitrogens is 3. The van der Waals surface area contributed by atoms with Crippen LogP contribution in [0.15, 0.2) is 23.1 Å². The minimum absolute atomic E-state index is 0.0161. The molecule has 1 aliphatic heterocycles. The van der Waals surface area contributed by atoms with Crippen molar-refractivity contribution < 1.29 is 9.53 Å². The quantitative estimate of drug-likeness (QED) is 0.776. The van der Waals surface area contributed by atoms with Gasteiger partial charge < -0.3 is 9.64 Å². The van der Waals surface area contributed by atoms with E-state index in [1.165, 1.54) is 7.11 Å². The Balaban J connectivity index is 1.89. The summed E-state index contributed by atoms with van der Waals surface area (Å²) in [7, 11) is 1.45. The van der Waals surface area contributed by atoms with Crippen molar-refractivity contribution in [3.63, 3.8) is 0 Å². The van der Waals surface area contributed by atoms with Gasteiger partial charge in [0.25, 0.3) is 0 Å². The Morgan fingerprint density at radius 2 is 2.29 bits per heavy atom. The highest BCUT2D eigenvalue weighted by molar-refractivity contribution is 9.10. The number of methoxy groups -OCH3 is 1. The van der Waals surface area contributed by atoms with Crippen molar-refractivity contribution in [2.45, 2.75) is 25.8 Å². The fourth-order valence-electron chi connectivity index (χ4n) is 2.98. The molecule has 0 aromatic carbocycles. The Kier molecular flexibility index (Phi) is 3.84. The highest BCUT2D eigenvalue weighted by Crippen LogP contribution is 2.30. The molecule has 6 nitrogen and oxygen atoms in total. The number of nitrogens with zero attached hydrogens (tertiary/aromatic N) is 4. The number of hydrogen-bond acceptors (Lipinski definition) is 5. The number of carbonyl (C=O) groups excluding carboxylic acids is 1. The van der Waals surface area contributed by atoms with E-state index in [1.807, 2.05) is 16.6 Å². The zero-order valence-corrected chi connectivity index (χ0v) is 13.6. The van der Waals surface area contributed by atoms with Crippen LogP contribution in [0.25, 0.3) is 5.52 Å². The van der Waals surface area contributed by atoms with Crippen molar-refractivity contribution in [3.05, 3.63) is 23.1 Å². The molecular formula is C14H17BrN4O2. The van der Waals surface area contributed by atoms with Crippen LogP contribution < -0.4 is 4.90 Å². The van der Waals surface area contributed by atoms with Crippen molar-refractivity contribution in [1.29, 1.82) is 0 Å². The van der Waals surface area contributed by atoms with E-state index in [2.05, 4.69) is 37.8 Å². The van der Waals surface area contributed by atoms with Crippen LogP contribution in [0.4, 0.5) is 5.82 Å². The number of carbonyl (C=O) groups is 1. The molecule has 1 saturated heterocycles. The molecule has 3 rings (SSSR count). The average Bonchev–Trinajstić information content (AvgIpc) is 2.88. The minimum Gasteiger partial charge on any atom is -0.469 e. The van der Waals surface area contributed by atoms with E-state index >= 15 is 0 Å². The van der Waals surface area contributed by atoms with Crippen LogP contribution >= 0.6 is 15.9 Å². The van der Waals surface area contributed by atoms with Gasteiger partial charge in [0.15, 0.2) is 5.82 Å². The van der Waals surface area contributed by atoms with Crippen molar-refractivity contribution in [1.82, 2.24) is 14.6 Å². The summed E-state index contributed by atoms with van der Waals surface area (Å²) in [4.78, 5) is 18.4. The lowest BCUT2D eigenvalue weighted by Gasteiger charge is -2.37.